The Labute approximate surface area is 144 Å². The van der Waals surface area contributed by atoms with Gasteiger partial charge in [-0.1, -0.05) is 28.1 Å². The van der Waals surface area contributed by atoms with Crippen molar-refractivity contribution in [1.29, 1.82) is 0 Å². The molecular formula is C16H22BrNO5. The normalized spacial score (nSPS) is 18.5. The zero-order valence-corrected chi connectivity index (χ0v) is 14.7. The quantitative estimate of drug-likeness (QED) is 0.757. The van der Waals surface area contributed by atoms with Crippen LogP contribution in [0, 0.1) is 0 Å². The van der Waals surface area contributed by atoms with Gasteiger partial charge in [-0.15, -0.1) is 0 Å². The highest BCUT2D eigenvalue weighted by molar-refractivity contribution is 9.10. The van der Waals surface area contributed by atoms with Crippen molar-refractivity contribution in [3.63, 3.8) is 0 Å². The zero-order chi connectivity index (χ0) is 16.9. The van der Waals surface area contributed by atoms with Crippen molar-refractivity contribution in [2.24, 2.45) is 0 Å². The van der Waals surface area contributed by atoms with Gasteiger partial charge in [0.05, 0.1) is 5.60 Å². The average molecular weight is 388 g/mol. The third-order valence-electron chi connectivity index (χ3n) is 3.94. The topological polar surface area (TPSA) is 79.2 Å². The molecule has 0 aliphatic carbocycles. The lowest BCUT2D eigenvalue weighted by atomic mass is 9.84. The summed E-state index contributed by atoms with van der Waals surface area (Å²) in [5.41, 5.74) is -0.0806. The molecule has 23 heavy (non-hydrogen) atoms. The molecule has 0 radical (unpaired) electrons. The van der Waals surface area contributed by atoms with E-state index in [0.717, 1.165) is 10.0 Å². The van der Waals surface area contributed by atoms with Crippen LogP contribution in [0.25, 0.3) is 0 Å². The SMILES string of the molecule is CCOC(O)COC(=O)N1CCC(O)(c2ccc(Br)cc2)CC1. The lowest BCUT2D eigenvalue weighted by Crippen LogP contribution is -2.45. The minimum absolute atomic E-state index is 0.194. The second-order valence-electron chi connectivity index (χ2n) is 5.51. The first kappa shape index (κ1) is 18.2. The van der Waals surface area contributed by atoms with E-state index in [1.165, 1.54) is 4.90 Å². The molecular weight excluding hydrogens is 366 g/mol. The number of nitrogens with zero attached hydrogens (tertiary/aromatic N) is 1. The van der Waals surface area contributed by atoms with Gasteiger partial charge in [0.25, 0.3) is 0 Å². The molecule has 1 amide bonds. The Bertz CT molecular complexity index is 514. The van der Waals surface area contributed by atoms with Crippen molar-refractivity contribution < 1.29 is 24.5 Å². The molecule has 1 atom stereocenters. The van der Waals surface area contributed by atoms with Crippen molar-refractivity contribution in [1.82, 2.24) is 4.90 Å². The van der Waals surface area contributed by atoms with E-state index in [9.17, 15) is 15.0 Å². The van der Waals surface area contributed by atoms with Gasteiger partial charge in [-0.05, 0) is 37.5 Å². The number of likely N-dealkylation sites (tertiary alicyclic amines) is 1. The van der Waals surface area contributed by atoms with Crippen LogP contribution in [0.15, 0.2) is 28.7 Å². The van der Waals surface area contributed by atoms with Crippen LogP contribution >= 0.6 is 15.9 Å². The highest BCUT2D eigenvalue weighted by Crippen LogP contribution is 2.33. The molecule has 1 aliphatic rings. The number of piperidine rings is 1. The average Bonchev–Trinajstić information content (AvgIpc) is 2.54. The van der Waals surface area contributed by atoms with Gasteiger partial charge in [-0.25, -0.2) is 4.79 Å². The number of hydrogen-bond donors (Lipinski definition) is 2. The van der Waals surface area contributed by atoms with E-state index in [2.05, 4.69) is 15.9 Å². The molecule has 0 spiro atoms. The smallest absolute Gasteiger partial charge is 0.409 e. The van der Waals surface area contributed by atoms with E-state index in [0.29, 0.717) is 32.5 Å². The number of ether oxygens (including phenoxy) is 2. The Morgan fingerprint density at radius 3 is 2.52 bits per heavy atom. The van der Waals surface area contributed by atoms with Crippen molar-refractivity contribution in [2.45, 2.75) is 31.7 Å². The summed E-state index contributed by atoms with van der Waals surface area (Å²) in [7, 11) is 0. The van der Waals surface area contributed by atoms with E-state index in [-0.39, 0.29) is 6.61 Å². The predicted octanol–water partition coefficient (Wildman–Crippen LogP) is 2.22. The monoisotopic (exact) mass is 387 g/mol. The van der Waals surface area contributed by atoms with Gasteiger partial charge in [0.1, 0.15) is 6.61 Å². The Kier molecular flexibility index (Phi) is 6.41. The summed E-state index contributed by atoms with van der Waals surface area (Å²) >= 11 is 3.37. The van der Waals surface area contributed by atoms with E-state index in [1.54, 1.807) is 6.92 Å². The summed E-state index contributed by atoms with van der Waals surface area (Å²) in [6, 6.07) is 7.55. The standard InChI is InChI=1S/C16H22BrNO5/c1-2-22-14(19)11-23-15(20)18-9-7-16(21,8-10-18)12-3-5-13(17)6-4-12/h3-6,14,19,21H,2,7-11H2,1H3. The fourth-order valence-corrected chi connectivity index (χ4v) is 2.85. The number of benzene rings is 1. The number of hydrogen-bond acceptors (Lipinski definition) is 5. The molecule has 1 aromatic rings. The van der Waals surface area contributed by atoms with Crippen LogP contribution in [0.1, 0.15) is 25.3 Å². The van der Waals surface area contributed by atoms with Gasteiger partial charge < -0.3 is 24.6 Å². The minimum atomic E-state index is -1.10. The number of rotatable bonds is 5. The Morgan fingerprint density at radius 1 is 1.35 bits per heavy atom. The first-order valence-electron chi connectivity index (χ1n) is 7.64. The van der Waals surface area contributed by atoms with Gasteiger partial charge in [0.2, 0.25) is 0 Å². The van der Waals surface area contributed by atoms with Crippen molar-refractivity contribution in [3.8, 4) is 0 Å². The molecule has 2 rings (SSSR count). The lowest BCUT2D eigenvalue weighted by molar-refractivity contribution is -0.125. The van der Waals surface area contributed by atoms with Crippen LogP contribution < -0.4 is 0 Å². The molecule has 1 unspecified atom stereocenters. The maximum Gasteiger partial charge on any atom is 0.409 e. The molecule has 1 fully saturated rings. The number of aliphatic hydroxyl groups is 2. The van der Waals surface area contributed by atoms with Crippen LogP contribution in [0.2, 0.25) is 0 Å². The van der Waals surface area contributed by atoms with Gasteiger partial charge in [-0.3, -0.25) is 0 Å². The van der Waals surface area contributed by atoms with E-state index in [1.807, 2.05) is 24.3 Å². The fraction of sp³-hybridized carbons (Fsp3) is 0.562. The molecule has 1 heterocycles. The molecule has 7 heteroatoms. The summed E-state index contributed by atoms with van der Waals surface area (Å²) in [6.07, 6.45) is -0.717. The molecule has 6 nitrogen and oxygen atoms in total. The largest absolute Gasteiger partial charge is 0.444 e. The number of halogens is 1. The summed E-state index contributed by atoms with van der Waals surface area (Å²) in [6.45, 7) is 2.70. The Hall–Kier alpha value is -1.15. The highest BCUT2D eigenvalue weighted by atomic mass is 79.9. The molecule has 128 valence electrons. The molecule has 1 aromatic carbocycles. The third-order valence-corrected chi connectivity index (χ3v) is 4.47. The number of carbonyl (C=O) groups excluding carboxylic acids is 1. The summed E-state index contributed by atoms with van der Waals surface area (Å²) in [5, 5.41) is 20.2. The number of aliphatic hydroxyl groups excluding tert-OH is 1. The van der Waals surface area contributed by atoms with Crippen LogP contribution in [-0.2, 0) is 15.1 Å². The first-order chi connectivity index (χ1) is 10.9. The maximum absolute atomic E-state index is 11.9. The highest BCUT2D eigenvalue weighted by Gasteiger charge is 2.35. The molecule has 2 N–H and O–H groups in total. The van der Waals surface area contributed by atoms with Gasteiger partial charge in [0, 0.05) is 24.2 Å². The van der Waals surface area contributed by atoms with Gasteiger partial charge in [-0.2, -0.15) is 0 Å². The maximum atomic E-state index is 11.9. The second-order valence-corrected chi connectivity index (χ2v) is 6.43. The molecule has 0 bridgehead atoms. The van der Waals surface area contributed by atoms with E-state index < -0.39 is 18.0 Å². The van der Waals surface area contributed by atoms with E-state index >= 15 is 0 Å². The lowest BCUT2D eigenvalue weighted by Gasteiger charge is -2.38. The molecule has 0 saturated carbocycles. The minimum Gasteiger partial charge on any atom is -0.444 e. The van der Waals surface area contributed by atoms with Crippen molar-refractivity contribution >= 4 is 22.0 Å². The summed E-state index contributed by atoms with van der Waals surface area (Å²) < 4.78 is 10.9. The number of carbonyl (C=O) groups is 1. The van der Waals surface area contributed by atoms with Gasteiger partial charge in [0.15, 0.2) is 6.29 Å². The first-order valence-corrected chi connectivity index (χ1v) is 8.43. The van der Waals surface area contributed by atoms with Crippen LogP contribution in [-0.4, -0.2) is 53.8 Å². The Balaban J connectivity index is 1.85. The molecule has 0 aromatic heterocycles. The zero-order valence-electron chi connectivity index (χ0n) is 13.1. The molecule has 1 aliphatic heterocycles. The van der Waals surface area contributed by atoms with Crippen LogP contribution in [0.4, 0.5) is 4.79 Å². The fourth-order valence-electron chi connectivity index (χ4n) is 2.58. The van der Waals surface area contributed by atoms with Crippen molar-refractivity contribution in [2.75, 3.05) is 26.3 Å². The van der Waals surface area contributed by atoms with Gasteiger partial charge >= 0.3 is 6.09 Å². The Morgan fingerprint density at radius 2 is 1.96 bits per heavy atom. The van der Waals surface area contributed by atoms with Crippen molar-refractivity contribution in [3.05, 3.63) is 34.3 Å². The summed E-state index contributed by atoms with van der Waals surface area (Å²) in [5.74, 6) is 0. The van der Waals surface area contributed by atoms with E-state index in [4.69, 9.17) is 9.47 Å². The summed E-state index contributed by atoms with van der Waals surface area (Å²) in [4.78, 5) is 13.5. The van der Waals surface area contributed by atoms with Crippen LogP contribution in [0.5, 0.6) is 0 Å². The molecule has 1 saturated heterocycles. The second kappa shape index (κ2) is 8.10. The predicted molar refractivity (Wildman–Crippen MR) is 87.8 cm³/mol. The number of amides is 1. The third kappa shape index (κ3) is 4.91. The van der Waals surface area contributed by atoms with Crippen LogP contribution in [0.3, 0.4) is 0 Å².